The van der Waals surface area contributed by atoms with Gasteiger partial charge >= 0.3 is 0 Å². The summed E-state index contributed by atoms with van der Waals surface area (Å²) in [6.07, 6.45) is 2.94. The molecule has 1 fully saturated rings. The fourth-order valence-electron chi connectivity index (χ4n) is 4.48. The molecule has 5 rings (SSSR count). The van der Waals surface area contributed by atoms with Gasteiger partial charge in [-0.25, -0.2) is 4.99 Å². The zero-order valence-electron chi connectivity index (χ0n) is 20.7. The van der Waals surface area contributed by atoms with Crippen LogP contribution in [-0.4, -0.2) is 67.3 Å². The number of likely N-dealkylation sites (N-methyl/N-ethyl adjacent to an activating group) is 1. The molecule has 3 heterocycles. The average Bonchev–Trinajstić information content (AvgIpc) is 3.38. The number of piperazine rings is 1. The first kappa shape index (κ1) is 24.7. The van der Waals surface area contributed by atoms with Crippen molar-refractivity contribution in [3.05, 3.63) is 71.4 Å². The lowest BCUT2D eigenvalue weighted by molar-refractivity contribution is -0.111. The normalized spacial score (nSPS) is 17.3. The summed E-state index contributed by atoms with van der Waals surface area (Å²) in [4.78, 5) is 21.4. The van der Waals surface area contributed by atoms with Crippen LogP contribution in [-0.2, 0) is 4.79 Å². The van der Waals surface area contributed by atoms with Crippen LogP contribution in [0.25, 0.3) is 0 Å². The van der Waals surface area contributed by atoms with Crippen LogP contribution in [0.1, 0.15) is 17.2 Å². The molecular weight excluding hydrogens is 492 g/mol. The number of carbonyl (C=O) groups excluding carboxylic acids is 1. The molecule has 0 saturated carbocycles. The maximum atomic E-state index is 11.8. The number of nitrogens with zero attached hydrogens (tertiary/aromatic N) is 4. The summed E-state index contributed by atoms with van der Waals surface area (Å²) >= 11 is 6.60. The smallest absolute Gasteiger partial charge is 0.247 e. The number of aliphatic imine (C=N–C) groups is 1. The van der Waals surface area contributed by atoms with Gasteiger partial charge in [0.05, 0.1) is 19.0 Å². The average molecular weight is 521 g/mol. The van der Waals surface area contributed by atoms with Crippen LogP contribution >= 0.6 is 11.6 Å². The number of carbonyl (C=O) groups is 1. The van der Waals surface area contributed by atoms with Crippen LogP contribution in [0.3, 0.4) is 0 Å². The summed E-state index contributed by atoms with van der Waals surface area (Å²) in [5.74, 6) is 1.77. The number of hydrogen-bond donors (Lipinski definition) is 4. The Bertz CT molecular complexity index is 1350. The largest absolute Gasteiger partial charge is 0.495 e. The maximum absolute atomic E-state index is 11.8. The molecule has 1 unspecified atom stereocenters. The number of halogens is 1. The van der Waals surface area contributed by atoms with Crippen molar-refractivity contribution in [2.75, 3.05) is 61.2 Å². The van der Waals surface area contributed by atoms with Crippen LogP contribution in [0.15, 0.2) is 60.2 Å². The number of fused-ring (bicyclic) bond motifs is 1. The summed E-state index contributed by atoms with van der Waals surface area (Å²) < 4.78 is 5.65. The van der Waals surface area contributed by atoms with E-state index in [1.807, 2.05) is 18.2 Å². The molecule has 4 N–H and O–H groups in total. The van der Waals surface area contributed by atoms with Crippen LogP contribution in [0.5, 0.6) is 5.75 Å². The van der Waals surface area contributed by atoms with Gasteiger partial charge in [-0.15, -0.1) is 0 Å². The number of aromatic amines is 1. The van der Waals surface area contributed by atoms with Crippen LogP contribution in [0.4, 0.5) is 22.9 Å². The van der Waals surface area contributed by atoms with Crippen molar-refractivity contribution in [2.45, 2.75) is 6.04 Å². The Balaban J connectivity index is 1.45. The molecule has 11 heteroatoms. The highest BCUT2D eigenvalue weighted by molar-refractivity contribution is 6.31. The predicted molar refractivity (Wildman–Crippen MR) is 148 cm³/mol. The van der Waals surface area contributed by atoms with Crippen molar-refractivity contribution in [3.63, 3.8) is 0 Å². The van der Waals surface area contributed by atoms with E-state index >= 15 is 0 Å². The van der Waals surface area contributed by atoms with E-state index < -0.39 is 6.04 Å². The molecule has 2 aliphatic heterocycles. The summed E-state index contributed by atoms with van der Waals surface area (Å²) in [6.45, 7) is 7.34. The molecule has 0 spiro atoms. The Morgan fingerprint density at radius 1 is 1.16 bits per heavy atom. The molecule has 10 nitrogen and oxygen atoms in total. The molecule has 192 valence electrons. The second-order valence-electron chi connectivity index (χ2n) is 8.94. The van der Waals surface area contributed by atoms with Crippen molar-refractivity contribution in [2.24, 2.45) is 4.99 Å². The second-order valence-corrected chi connectivity index (χ2v) is 9.34. The van der Waals surface area contributed by atoms with E-state index in [1.165, 1.54) is 6.08 Å². The van der Waals surface area contributed by atoms with E-state index in [2.05, 4.69) is 55.6 Å². The Kier molecular flexibility index (Phi) is 7.02. The number of rotatable bonds is 6. The van der Waals surface area contributed by atoms with Gasteiger partial charge in [-0.1, -0.05) is 18.2 Å². The fraction of sp³-hybridized carbons (Fsp3) is 0.269. The molecule has 0 bridgehead atoms. The summed E-state index contributed by atoms with van der Waals surface area (Å²) in [5.41, 5.74) is 4.07. The number of hydrogen-bond acceptors (Lipinski definition) is 8. The highest BCUT2D eigenvalue weighted by Gasteiger charge is 2.27. The number of methoxy groups -OCH3 is 1. The number of benzene rings is 2. The van der Waals surface area contributed by atoms with E-state index in [9.17, 15) is 4.79 Å². The Morgan fingerprint density at radius 2 is 1.95 bits per heavy atom. The number of ether oxygens (including phenoxy) is 1. The molecular formula is C26H29ClN8O2. The lowest BCUT2D eigenvalue weighted by Crippen LogP contribution is -2.44. The minimum Gasteiger partial charge on any atom is -0.495 e. The quantitative estimate of drug-likeness (QED) is 0.364. The molecule has 1 saturated heterocycles. The van der Waals surface area contributed by atoms with Crippen molar-refractivity contribution in [1.29, 1.82) is 0 Å². The van der Waals surface area contributed by atoms with Gasteiger partial charge in [0, 0.05) is 53.7 Å². The van der Waals surface area contributed by atoms with Gasteiger partial charge in [-0.05, 0) is 49.5 Å². The number of nitrogens with one attached hydrogen (secondary N) is 4. The Hall–Kier alpha value is -4.02. The van der Waals surface area contributed by atoms with Gasteiger partial charge in [0.25, 0.3) is 0 Å². The van der Waals surface area contributed by atoms with Crippen molar-refractivity contribution in [1.82, 2.24) is 15.1 Å². The number of guanidine groups is 1. The Labute approximate surface area is 220 Å². The molecule has 1 amide bonds. The van der Waals surface area contributed by atoms with Crippen molar-refractivity contribution < 1.29 is 9.53 Å². The summed E-state index contributed by atoms with van der Waals surface area (Å²) in [5, 5.41) is 17.2. The van der Waals surface area contributed by atoms with Crippen molar-refractivity contribution >= 4 is 46.3 Å². The lowest BCUT2D eigenvalue weighted by Gasteiger charge is -2.35. The standard InChI is InChI=1S/C26H29ClN8O2/c1-4-23(36)29-16-5-7-20(27)18(13-16)24-19-15-28-33-25(19)32-26(31-24)30-17-6-8-22(37-3)21(14-17)35-11-9-34(2)10-12-35/h4-8,13-15,24H,1,9-12H2,2-3H3,(H,29,36)(H3,28,30,31,32,33). The van der Waals surface area contributed by atoms with Gasteiger partial charge in [-0.3, -0.25) is 9.89 Å². The lowest BCUT2D eigenvalue weighted by atomic mass is 9.99. The van der Waals surface area contributed by atoms with Gasteiger partial charge in [0.15, 0.2) is 0 Å². The third kappa shape index (κ3) is 5.25. The molecule has 3 aromatic rings. The highest BCUT2D eigenvalue weighted by Crippen LogP contribution is 2.39. The summed E-state index contributed by atoms with van der Waals surface area (Å²) in [6, 6.07) is 10.8. The first-order valence-electron chi connectivity index (χ1n) is 11.9. The first-order valence-corrected chi connectivity index (χ1v) is 12.3. The molecule has 0 radical (unpaired) electrons. The van der Waals surface area contributed by atoms with E-state index in [4.69, 9.17) is 21.3 Å². The second kappa shape index (κ2) is 10.5. The third-order valence-corrected chi connectivity index (χ3v) is 6.84. The predicted octanol–water partition coefficient (Wildman–Crippen LogP) is 3.93. The molecule has 2 aromatic carbocycles. The van der Waals surface area contributed by atoms with E-state index in [-0.39, 0.29) is 5.91 Å². The number of amides is 1. The highest BCUT2D eigenvalue weighted by atomic mass is 35.5. The topological polar surface area (TPSA) is 110 Å². The minimum absolute atomic E-state index is 0.302. The SMILES string of the molecule is C=CC(=O)Nc1ccc(Cl)c(C2N=C(Nc3ccc(OC)c(N4CCN(C)CC4)c3)Nc3[nH]ncc32)c1. The molecule has 0 aliphatic carbocycles. The maximum Gasteiger partial charge on any atom is 0.247 e. The number of H-pyrrole nitrogens is 1. The van der Waals surface area contributed by atoms with Gasteiger partial charge < -0.3 is 30.5 Å². The van der Waals surface area contributed by atoms with E-state index in [0.29, 0.717) is 22.5 Å². The zero-order chi connectivity index (χ0) is 25.9. The van der Waals surface area contributed by atoms with Crippen LogP contribution in [0.2, 0.25) is 5.02 Å². The van der Waals surface area contributed by atoms with E-state index in [0.717, 1.165) is 54.4 Å². The minimum atomic E-state index is -0.444. The fourth-order valence-corrected chi connectivity index (χ4v) is 4.70. The zero-order valence-corrected chi connectivity index (χ0v) is 21.5. The number of aromatic nitrogens is 2. The van der Waals surface area contributed by atoms with E-state index in [1.54, 1.807) is 25.4 Å². The van der Waals surface area contributed by atoms with Gasteiger partial charge in [-0.2, -0.15) is 5.10 Å². The van der Waals surface area contributed by atoms with Crippen LogP contribution in [0, 0.1) is 0 Å². The summed E-state index contributed by atoms with van der Waals surface area (Å²) in [7, 11) is 3.82. The molecule has 1 aromatic heterocycles. The number of anilines is 4. The Morgan fingerprint density at radius 3 is 2.70 bits per heavy atom. The van der Waals surface area contributed by atoms with Crippen molar-refractivity contribution in [3.8, 4) is 5.75 Å². The third-order valence-electron chi connectivity index (χ3n) is 6.49. The molecule has 37 heavy (non-hydrogen) atoms. The van der Waals surface area contributed by atoms with Gasteiger partial charge in [0.1, 0.15) is 17.6 Å². The first-order chi connectivity index (χ1) is 17.9. The molecule has 2 aliphatic rings. The monoisotopic (exact) mass is 520 g/mol. The molecule has 1 atom stereocenters. The van der Waals surface area contributed by atoms with Crippen LogP contribution < -0.4 is 25.6 Å². The van der Waals surface area contributed by atoms with Gasteiger partial charge in [0.2, 0.25) is 11.9 Å².